The summed E-state index contributed by atoms with van der Waals surface area (Å²) in [7, 11) is -6.09. The number of Topliss-reactive ketones (excluding diaryl/α,β-unsaturated/α-hetero) is 2. The van der Waals surface area contributed by atoms with E-state index in [2.05, 4.69) is 9.50 Å². The number of nitrogen functional groups attached to an aromatic ring is 1. The Morgan fingerprint density at radius 2 is 1.16 bits per heavy atom. The van der Waals surface area contributed by atoms with E-state index in [9.17, 15) is 61.0 Å². The van der Waals surface area contributed by atoms with Gasteiger partial charge in [0.1, 0.15) is 18.9 Å². The number of nitro groups is 2. The molecule has 3 N–H and O–H groups in total. The predicted octanol–water partition coefficient (Wildman–Crippen LogP) is 10.4. The van der Waals surface area contributed by atoms with Crippen molar-refractivity contribution in [2.24, 2.45) is 10.8 Å². The third-order valence-electron chi connectivity index (χ3n) is 7.68. The van der Waals surface area contributed by atoms with Gasteiger partial charge >= 0.3 is 33.3 Å². The molecule has 4 aromatic rings. The number of benzene rings is 2. The van der Waals surface area contributed by atoms with Gasteiger partial charge in [-0.05, 0) is 128 Å². The van der Waals surface area contributed by atoms with Gasteiger partial charge in [-0.2, -0.15) is 21.6 Å². The van der Waals surface area contributed by atoms with Crippen molar-refractivity contribution < 1.29 is 64.3 Å². The van der Waals surface area contributed by atoms with E-state index < -0.39 is 60.3 Å². The Balaban J connectivity index is 0.000000512. The maximum absolute atomic E-state index is 12.4. The summed E-state index contributed by atoms with van der Waals surface area (Å²) in [6, 6.07) is 10.6. The summed E-state index contributed by atoms with van der Waals surface area (Å²) in [5.41, 5.74) is -0.124. The second kappa shape index (κ2) is 21.9. The lowest BCUT2D eigenvalue weighted by atomic mass is 9.97. The summed E-state index contributed by atoms with van der Waals surface area (Å²) in [6.07, 6.45) is 0. The zero-order chi connectivity index (χ0) is 47.7. The summed E-state index contributed by atoms with van der Waals surface area (Å²) >= 11 is 2.59. The molecule has 63 heavy (non-hydrogen) atoms. The number of nitro benzene ring substituents is 2. The maximum atomic E-state index is 12.4. The van der Waals surface area contributed by atoms with Crippen LogP contribution < -0.4 is 15.2 Å². The van der Waals surface area contributed by atoms with Crippen LogP contribution in [-0.4, -0.2) is 47.3 Å². The molecule has 0 unspecified atom stereocenters. The van der Waals surface area contributed by atoms with Crippen LogP contribution in [0.5, 0.6) is 5.75 Å². The fraction of sp³-hybridized carbons (Fsp3) is 0.400. The number of nitrogens with one attached hydrogen (secondary N) is 1. The lowest BCUT2D eigenvalue weighted by Crippen LogP contribution is -2.28. The molecule has 0 bridgehead atoms. The number of esters is 2. The van der Waals surface area contributed by atoms with Gasteiger partial charge in [0, 0.05) is 12.1 Å². The van der Waals surface area contributed by atoms with Crippen LogP contribution in [0.1, 0.15) is 104 Å². The van der Waals surface area contributed by atoms with Crippen LogP contribution in [-0.2, 0) is 42.4 Å². The van der Waals surface area contributed by atoms with Crippen LogP contribution in [0, 0.1) is 44.9 Å². The van der Waals surface area contributed by atoms with E-state index in [1.165, 1.54) is 35.7 Å². The third-order valence-corrected chi connectivity index (χ3v) is 11.1. The van der Waals surface area contributed by atoms with Crippen molar-refractivity contribution in [1.82, 2.24) is 0 Å². The van der Waals surface area contributed by atoms with Crippen molar-refractivity contribution in [2.45, 2.75) is 95.4 Å². The van der Waals surface area contributed by atoms with E-state index >= 15 is 0 Å². The van der Waals surface area contributed by atoms with Crippen molar-refractivity contribution in [3.8, 4) is 5.75 Å². The smallest absolute Gasteiger partial charge is 0.460 e. The number of nitrogens with two attached hydrogens (primary N) is 1. The number of hydrogen-bond acceptors (Lipinski definition) is 17. The zero-order valence-corrected chi connectivity index (χ0v) is 37.6. The number of halogens is 3. The highest BCUT2D eigenvalue weighted by Crippen LogP contribution is 2.36. The molecule has 0 spiro atoms. The molecule has 2 heterocycles. The lowest BCUT2D eigenvalue weighted by Gasteiger charge is -2.16. The first-order valence-electron chi connectivity index (χ1n) is 17.9. The number of ketones is 2. The molecule has 0 aliphatic rings. The third kappa shape index (κ3) is 16.4. The van der Waals surface area contributed by atoms with Crippen LogP contribution >= 0.6 is 22.7 Å². The number of anilines is 3. The number of thiophene rings is 2. The lowest BCUT2D eigenvalue weighted by molar-refractivity contribution is -0.385. The first-order chi connectivity index (χ1) is 28.2. The van der Waals surface area contributed by atoms with E-state index in [0.29, 0.717) is 26.5 Å². The minimum absolute atomic E-state index is 0. The number of alkyl halides is 3. The molecular formula is C40H49F3N4O13S3. The van der Waals surface area contributed by atoms with Gasteiger partial charge in [0.2, 0.25) is 5.75 Å². The molecule has 17 nitrogen and oxygen atoms in total. The Bertz CT molecular complexity index is 2450. The van der Waals surface area contributed by atoms with E-state index in [0.717, 1.165) is 28.1 Å². The number of hydrogen-bond donors (Lipinski definition) is 2. The van der Waals surface area contributed by atoms with Crippen LogP contribution in [0.15, 0.2) is 48.5 Å². The zero-order valence-electron chi connectivity index (χ0n) is 35.2. The Hall–Kier alpha value is -5.94. The SMILES string of the molecule is C.CC(=O)c1sc(N)cc1C.CC(=O)c1sc(Nc2cc(COC(=O)C(C)(C)C)ccc2[N+](=O)[O-])cc1C.CC(C)(C)C(=O)OCc1ccc([N+](=O)[O-])c(OS(=O)(=O)C(F)(F)F)c1. The topological polar surface area (TPSA) is 254 Å². The van der Waals surface area contributed by atoms with E-state index in [1.807, 2.05) is 19.9 Å². The molecule has 0 radical (unpaired) electrons. The van der Waals surface area contributed by atoms with Gasteiger partial charge < -0.3 is 24.7 Å². The minimum atomic E-state index is -6.09. The van der Waals surface area contributed by atoms with Gasteiger partial charge in [0.05, 0.1) is 40.4 Å². The van der Waals surface area contributed by atoms with Gasteiger partial charge in [-0.3, -0.25) is 39.4 Å². The average Bonchev–Trinajstić information content (AvgIpc) is 3.68. The molecule has 0 saturated heterocycles. The highest BCUT2D eigenvalue weighted by atomic mass is 32.2. The molecule has 0 saturated carbocycles. The number of aryl methyl sites for hydroxylation is 2. The Labute approximate surface area is 370 Å². The van der Waals surface area contributed by atoms with Gasteiger partial charge in [-0.15, -0.1) is 22.7 Å². The van der Waals surface area contributed by atoms with E-state index in [-0.39, 0.29) is 48.5 Å². The maximum Gasteiger partial charge on any atom is 0.534 e. The largest absolute Gasteiger partial charge is 0.534 e. The predicted molar refractivity (Wildman–Crippen MR) is 233 cm³/mol. The average molecular weight is 947 g/mol. The van der Waals surface area contributed by atoms with Crippen LogP contribution in [0.3, 0.4) is 0 Å². The number of nitrogens with zero attached hydrogens (tertiary/aromatic N) is 2. The molecule has 0 atom stereocenters. The Kier molecular flexibility index (Phi) is 19.2. The highest BCUT2D eigenvalue weighted by Gasteiger charge is 2.49. The number of carbonyl (C=O) groups excluding carboxylic acids is 4. The van der Waals surface area contributed by atoms with Crippen molar-refractivity contribution in [2.75, 3.05) is 11.1 Å². The normalized spacial score (nSPS) is 11.3. The summed E-state index contributed by atoms with van der Waals surface area (Å²) < 4.78 is 73.3. The van der Waals surface area contributed by atoms with Gasteiger partial charge in [0.25, 0.3) is 5.69 Å². The first kappa shape index (κ1) is 55.1. The van der Waals surface area contributed by atoms with E-state index in [1.54, 1.807) is 66.7 Å². The Morgan fingerprint density at radius 1 is 0.730 bits per heavy atom. The Morgan fingerprint density at radius 3 is 1.52 bits per heavy atom. The molecular weight excluding hydrogens is 898 g/mol. The fourth-order valence-electron chi connectivity index (χ4n) is 4.58. The molecule has 0 fully saturated rings. The van der Waals surface area contributed by atoms with Crippen LogP contribution in [0.25, 0.3) is 0 Å². The summed E-state index contributed by atoms with van der Waals surface area (Å²) in [5, 5.41) is 26.5. The quantitative estimate of drug-likeness (QED) is 0.0334. The molecule has 0 aliphatic carbocycles. The van der Waals surface area contributed by atoms with Gasteiger partial charge in [-0.25, -0.2) is 0 Å². The van der Waals surface area contributed by atoms with Crippen molar-refractivity contribution >= 4 is 83.4 Å². The molecule has 2 aromatic carbocycles. The standard InChI is InChI=1S/C19H22N2O5S.C13H14F3NO7S.C7H9NOS.CH4/c1-11-8-16(27-17(11)12(2)22)20-14-9-13(6-7-15(14)21(24)25)10-26-18(23)19(3,4)5;1-12(2,3)11(18)23-7-8-4-5-9(17(19)20)10(6-8)24-25(21,22)13(14,15)16;1-4-3-6(8)10-7(4)5(2)9;/h6-9,20H,10H2,1-5H3;4-6H,7H2,1-3H3;3H,8H2,1-2H3;1H4. The second-order valence-electron chi connectivity index (χ2n) is 15.3. The van der Waals surface area contributed by atoms with Crippen molar-refractivity contribution in [3.05, 3.63) is 101 Å². The highest BCUT2D eigenvalue weighted by molar-refractivity contribution is 7.88. The molecule has 0 aliphatic heterocycles. The summed E-state index contributed by atoms with van der Waals surface area (Å²) in [5.74, 6) is -2.07. The number of carbonyl (C=O) groups is 4. The first-order valence-corrected chi connectivity index (χ1v) is 20.9. The monoisotopic (exact) mass is 946 g/mol. The summed E-state index contributed by atoms with van der Waals surface area (Å²) in [6.45, 7) is 16.3. The molecule has 346 valence electrons. The number of rotatable bonds is 12. The van der Waals surface area contributed by atoms with Crippen molar-refractivity contribution in [3.63, 3.8) is 0 Å². The molecule has 23 heteroatoms. The molecule has 4 rings (SSSR count). The number of ether oxygens (including phenoxy) is 2. The van der Waals surface area contributed by atoms with Crippen LogP contribution in [0.2, 0.25) is 0 Å². The van der Waals surface area contributed by atoms with Crippen molar-refractivity contribution in [1.29, 1.82) is 0 Å². The van der Waals surface area contributed by atoms with E-state index in [4.69, 9.17) is 15.2 Å². The van der Waals surface area contributed by atoms with Gasteiger partial charge in [-0.1, -0.05) is 7.43 Å². The van der Waals surface area contributed by atoms with Gasteiger partial charge in [0.15, 0.2) is 11.6 Å². The minimum Gasteiger partial charge on any atom is -0.460 e. The molecule has 0 amide bonds. The summed E-state index contributed by atoms with van der Waals surface area (Å²) in [4.78, 5) is 68.0. The fourth-order valence-corrected chi connectivity index (χ4v) is 6.86. The second-order valence-corrected chi connectivity index (χ2v) is 19.0. The molecule has 2 aromatic heterocycles. The van der Waals surface area contributed by atoms with Crippen LogP contribution in [0.4, 0.5) is 40.2 Å².